The van der Waals surface area contributed by atoms with Crippen LogP contribution >= 0.6 is 0 Å². The largest absolute Gasteiger partial charge is 0.462 e. The average Bonchev–Trinajstić information content (AvgIpc) is 2.83. The molecule has 222 valence electrons. The van der Waals surface area contributed by atoms with Crippen molar-refractivity contribution in [2.24, 2.45) is 17.8 Å². The zero-order chi connectivity index (χ0) is 29.0. The Labute approximate surface area is 213 Å². The predicted molar refractivity (Wildman–Crippen MR) is 112 cm³/mol. The molecule has 3 rings (SSSR count). The maximum atomic E-state index is 16.3. The summed E-state index contributed by atoms with van der Waals surface area (Å²) < 4.78 is 162. The van der Waals surface area contributed by atoms with Crippen molar-refractivity contribution in [3.63, 3.8) is 0 Å². The minimum absolute atomic E-state index is 0.0892. The molecule has 0 bridgehead atoms. The summed E-state index contributed by atoms with van der Waals surface area (Å²) in [6.45, 7) is 2.23. The molecular formula is C24H32F10O4. The highest BCUT2D eigenvalue weighted by Crippen LogP contribution is 2.71. The molecule has 1 heterocycles. The van der Waals surface area contributed by atoms with Crippen LogP contribution in [0.25, 0.3) is 0 Å². The van der Waals surface area contributed by atoms with Gasteiger partial charge in [-0.3, -0.25) is 4.79 Å². The number of alkyl halides is 10. The molecule has 4 unspecified atom stereocenters. The predicted octanol–water partition coefficient (Wildman–Crippen LogP) is 7.33. The molecule has 0 radical (unpaired) electrons. The highest BCUT2D eigenvalue weighted by Gasteiger charge is 2.98. The van der Waals surface area contributed by atoms with Gasteiger partial charge in [0, 0.05) is 11.8 Å². The van der Waals surface area contributed by atoms with E-state index in [2.05, 4.69) is 9.47 Å². The Bertz CT molecular complexity index is 863. The first-order valence-electron chi connectivity index (χ1n) is 12.8. The zero-order valence-corrected chi connectivity index (χ0v) is 21.0. The van der Waals surface area contributed by atoms with Gasteiger partial charge in [0.2, 0.25) is 11.2 Å². The third kappa shape index (κ3) is 4.13. The van der Waals surface area contributed by atoms with Crippen molar-refractivity contribution in [3.8, 4) is 0 Å². The van der Waals surface area contributed by atoms with Gasteiger partial charge in [-0.1, -0.05) is 52.4 Å². The van der Waals surface area contributed by atoms with Crippen LogP contribution < -0.4 is 0 Å². The lowest BCUT2D eigenvalue weighted by Gasteiger charge is -2.64. The fourth-order valence-electron chi connectivity index (χ4n) is 6.22. The number of carbonyl (C=O) groups excluding carboxylic acids is 1. The molecule has 2 saturated carbocycles. The van der Waals surface area contributed by atoms with E-state index in [1.807, 2.05) is 0 Å². The van der Waals surface area contributed by atoms with Crippen LogP contribution in [0.3, 0.4) is 0 Å². The van der Waals surface area contributed by atoms with Crippen LogP contribution in [0.2, 0.25) is 0 Å². The lowest BCUT2D eigenvalue weighted by atomic mass is 9.58. The van der Waals surface area contributed by atoms with Crippen molar-refractivity contribution in [3.05, 3.63) is 0 Å². The van der Waals surface area contributed by atoms with Crippen LogP contribution in [0, 0.1) is 17.8 Å². The summed E-state index contributed by atoms with van der Waals surface area (Å²) in [7, 11) is 0. The maximum Gasteiger partial charge on any atom is 0.462 e. The summed E-state index contributed by atoms with van der Waals surface area (Å²) in [5.74, 6) is -26.4. The summed E-state index contributed by atoms with van der Waals surface area (Å²) in [5.41, 5.74) is -10.4. The number of hydrogen-bond donors (Lipinski definition) is 1. The van der Waals surface area contributed by atoms with Gasteiger partial charge >= 0.3 is 36.0 Å². The third-order valence-electron chi connectivity index (χ3n) is 8.57. The van der Waals surface area contributed by atoms with Crippen molar-refractivity contribution in [1.29, 1.82) is 0 Å². The van der Waals surface area contributed by atoms with Crippen molar-refractivity contribution in [2.75, 3.05) is 0 Å². The van der Waals surface area contributed by atoms with Gasteiger partial charge in [-0.05, 0) is 32.1 Å². The van der Waals surface area contributed by atoms with Gasteiger partial charge in [-0.25, -0.2) is 0 Å². The van der Waals surface area contributed by atoms with E-state index in [4.69, 9.17) is 0 Å². The Morgan fingerprint density at radius 2 is 1.29 bits per heavy atom. The summed E-state index contributed by atoms with van der Waals surface area (Å²) >= 11 is 0. The van der Waals surface area contributed by atoms with E-state index in [0.29, 0.717) is 6.42 Å². The summed E-state index contributed by atoms with van der Waals surface area (Å²) in [4.78, 5) is 12.5. The van der Waals surface area contributed by atoms with Gasteiger partial charge in [0.25, 0.3) is 0 Å². The smallest absolute Gasteiger partial charge is 0.418 e. The molecule has 14 heteroatoms. The first kappa shape index (κ1) is 31.2. The molecule has 0 aromatic carbocycles. The normalized spacial score (nSPS) is 36.0. The van der Waals surface area contributed by atoms with Crippen molar-refractivity contribution < 1.29 is 63.3 Å². The fourth-order valence-corrected chi connectivity index (χ4v) is 6.22. The van der Waals surface area contributed by atoms with Crippen molar-refractivity contribution >= 4 is 5.97 Å². The summed E-state index contributed by atoms with van der Waals surface area (Å²) in [6.07, 6.45) is -16.0. The molecule has 0 amide bonds. The SMILES string of the molecule is CCC(C)C(=O)OC1(C(F)(F)F)OC(C2CCCCC2)(C(F)(F)F)C(F)(F)C(O)(C2CCCCC2)C1(F)F. The second-order valence-electron chi connectivity index (χ2n) is 10.8. The molecule has 3 fully saturated rings. The highest BCUT2D eigenvalue weighted by molar-refractivity contribution is 5.72. The third-order valence-corrected chi connectivity index (χ3v) is 8.57. The monoisotopic (exact) mass is 574 g/mol. The summed E-state index contributed by atoms with van der Waals surface area (Å²) in [5, 5.41) is 11.2. The van der Waals surface area contributed by atoms with E-state index in [9.17, 15) is 36.2 Å². The standard InChI is InChI=1S/C24H32F10O4/c1-3-14(2)17(35)37-22(24(32,33)34)21(27,28)18(36,15-10-6-4-7-11-15)20(25,26)19(38-22,23(29,30)31)16-12-8-5-9-13-16/h14-16,36H,3-13H2,1-2H3. The quantitative estimate of drug-likeness (QED) is 0.276. The molecule has 1 aliphatic heterocycles. The van der Waals surface area contributed by atoms with Crippen LogP contribution in [-0.2, 0) is 14.3 Å². The first-order valence-corrected chi connectivity index (χ1v) is 12.8. The zero-order valence-electron chi connectivity index (χ0n) is 21.0. The van der Waals surface area contributed by atoms with Gasteiger partial charge < -0.3 is 14.6 Å². The summed E-state index contributed by atoms with van der Waals surface area (Å²) in [6, 6.07) is 0. The highest BCUT2D eigenvalue weighted by atomic mass is 19.4. The van der Waals surface area contributed by atoms with Gasteiger partial charge in [-0.2, -0.15) is 43.9 Å². The van der Waals surface area contributed by atoms with E-state index in [-0.39, 0.29) is 38.5 Å². The Kier molecular flexibility index (Phi) is 8.18. The number of ether oxygens (including phenoxy) is 2. The Morgan fingerprint density at radius 1 is 0.842 bits per heavy atom. The lowest BCUT2D eigenvalue weighted by molar-refractivity contribution is -0.569. The van der Waals surface area contributed by atoms with E-state index in [1.165, 1.54) is 6.92 Å². The molecule has 1 saturated heterocycles. The van der Waals surface area contributed by atoms with Crippen molar-refractivity contribution in [1.82, 2.24) is 0 Å². The van der Waals surface area contributed by atoms with Crippen LogP contribution in [0.4, 0.5) is 43.9 Å². The second-order valence-corrected chi connectivity index (χ2v) is 10.8. The average molecular weight is 574 g/mol. The van der Waals surface area contributed by atoms with Crippen molar-refractivity contribution in [2.45, 2.75) is 126 Å². The lowest BCUT2D eigenvalue weighted by Crippen LogP contribution is -2.90. The number of esters is 1. The minimum atomic E-state index is -6.65. The van der Waals surface area contributed by atoms with E-state index < -0.39 is 90.6 Å². The number of halogens is 10. The number of rotatable bonds is 5. The van der Waals surface area contributed by atoms with E-state index in [1.54, 1.807) is 0 Å². The molecule has 38 heavy (non-hydrogen) atoms. The molecule has 4 atom stereocenters. The first-order chi connectivity index (χ1) is 17.3. The molecule has 0 spiro atoms. The van der Waals surface area contributed by atoms with Gasteiger partial charge in [0.15, 0.2) is 0 Å². The van der Waals surface area contributed by atoms with Gasteiger partial charge in [0.1, 0.15) is 0 Å². The van der Waals surface area contributed by atoms with Crippen LogP contribution in [0.5, 0.6) is 0 Å². The minimum Gasteiger partial charge on any atom is -0.418 e. The molecule has 3 aliphatic rings. The number of hydrogen-bond acceptors (Lipinski definition) is 4. The molecule has 2 aliphatic carbocycles. The topological polar surface area (TPSA) is 55.8 Å². The Morgan fingerprint density at radius 3 is 1.68 bits per heavy atom. The molecule has 0 aromatic rings. The fraction of sp³-hybridized carbons (Fsp3) is 0.958. The molecule has 0 aromatic heterocycles. The van der Waals surface area contributed by atoms with E-state index >= 15 is 17.6 Å². The van der Waals surface area contributed by atoms with Crippen LogP contribution in [0.1, 0.15) is 84.5 Å². The molecule has 4 nitrogen and oxygen atoms in total. The van der Waals surface area contributed by atoms with Gasteiger partial charge in [-0.15, -0.1) is 0 Å². The maximum absolute atomic E-state index is 16.3. The second kappa shape index (κ2) is 9.95. The van der Waals surface area contributed by atoms with Gasteiger partial charge in [0.05, 0.1) is 5.92 Å². The number of aliphatic hydroxyl groups is 1. The Hall–Kier alpha value is -1.31. The number of carbonyl (C=O) groups is 1. The van der Waals surface area contributed by atoms with Crippen LogP contribution in [0.15, 0.2) is 0 Å². The Balaban J connectivity index is 2.45. The van der Waals surface area contributed by atoms with Crippen LogP contribution in [-0.4, -0.2) is 52.3 Å². The molecular weight excluding hydrogens is 542 g/mol. The molecule has 1 N–H and O–H groups in total. The van der Waals surface area contributed by atoms with E-state index in [0.717, 1.165) is 6.92 Å².